The molecule has 0 amide bonds. The zero-order valence-electron chi connectivity index (χ0n) is 5.35. The van der Waals surface area contributed by atoms with Crippen LogP contribution in [0.2, 0.25) is 5.54 Å². The average molecular weight is 132 g/mol. The van der Waals surface area contributed by atoms with Crippen molar-refractivity contribution in [2.75, 3.05) is 0 Å². The lowest BCUT2D eigenvalue weighted by Crippen LogP contribution is -2.05. The number of carboxylic acid groups (broad SMARTS) is 1. The van der Waals surface area contributed by atoms with Crippen molar-refractivity contribution in [3.8, 4) is 0 Å². The molecule has 0 aromatic heterocycles. The molecule has 0 aromatic carbocycles. The molecule has 48 valence electrons. The summed E-state index contributed by atoms with van der Waals surface area (Å²) in [7, 11) is 0.784. The lowest BCUT2D eigenvalue weighted by atomic mass is 10.2. The summed E-state index contributed by atoms with van der Waals surface area (Å²) < 4.78 is 0. The van der Waals surface area contributed by atoms with Gasteiger partial charge < -0.3 is 5.11 Å². The SMILES string of the molecule is CCCC([SiH3])C(=O)O. The summed E-state index contributed by atoms with van der Waals surface area (Å²) in [5.41, 5.74) is -0.0278. The highest BCUT2D eigenvalue weighted by Gasteiger charge is 2.07. The molecule has 8 heavy (non-hydrogen) atoms. The fourth-order valence-electron chi connectivity index (χ4n) is 0.556. The van der Waals surface area contributed by atoms with Crippen molar-refractivity contribution in [1.29, 1.82) is 0 Å². The second kappa shape index (κ2) is 3.66. The molecule has 1 N–H and O–H groups in total. The van der Waals surface area contributed by atoms with Crippen molar-refractivity contribution in [3.63, 3.8) is 0 Å². The first-order chi connectivity index (χ1) is 3.68. The molecule has 0 saturated heterocycles. The summed E-state index contributed by atoms with van der Waals surface area (Å²) in [6.45, 7) is 2.01. The summed E-state index contributed by atoms with van der Waals surface area (Å²) in [4.78, 5) is 10.1. The Hall–Kier alpha value is -0.313. The number of aliphatic carboxylic acids is 1. The summed E-state index contributed by atoms with van der Waals surface area (Å²) in [6.07, 6.45) is 1.84. The van der Waals surface area contributed by atoms with E-state index in [-0.39, 0.29) is 5.54 Å². The van der Waals surface area contributed by atoms with Gasteiger partial charge in [0, 0.05) is 15.8 Å². The predicted molar refractivity (Wildman–Crippen MR) is 36.2 cm³/mol. The maximum Gasteiger partial charge on any atom is 0.302 e. The molecule has 0 radical (unpaired) electrons. The molecule has 2 nitrogen and oxygen atoms in total. The first kappa shape index (κ1) is 7.69. The van der Waals surface area contributed by atoms with Crippen molar-refractivity contribution < 1.29 is 9.90 Å². The van der Waals surface area contributed by atoms with Crippen LogP contribution in [-0.4, -0.2) is 21.3 Å². The Morgan fingerprint density at radius 3 is 2.50 bits per heavy atom. The van der Waals surface area contributed by atoms with Crippen LogP contribution >= 0.6 is 0 Å². The third kappa shape index (κ3) is 2.79. The highest BCUT2D eigenvalue weighted by atomic mass is 28.1. The summed E-state index contributed by atoms with van der Waals surface area (Å²) >= 11 is 0. The van der Waals surface area contributed by atoms with Gasteiger partial charge >= 0.3 is 5.97 Å². The van der Waals surface area contributed by atoms with Gasteiger partial charge in [-0.15, -0.1) is 0 Å². The van der Waals surface area contributed by atoms with Crippen molar-refractivity contribution >= 4 is 16.2 Å². The van der Waals surface area contributed by atoms with Gasteiger partial charge in [0.1, 0.15) is 0 Å². The van der Waals surface area contributed by atoms with Gasteiger partial charge in [-0.25, -0.2) is 0 Å². The Morgan fingerprint density at radius 1 is 1.88 bits per heavy atom. The van der Waals surface area contributed by atoms with Gasteiger partial charge in [-0.05, 0) is 6.42 Å². The number of carbonyl (C=O) groups is 1. The molecule has 0 fully saturated rings. The number of hydrogen-bond donors (Lipinski definition) is 1. The zero-order chi connectivity index (χ0) is 6.57. The van der Waals surface area contributed by atoms with Gasteiger partial charge in [-0.3, -0.25) is 4.79 Å². The number of hydrogen-bond acceptors (Lipinski definition) is 1. The van der Waals surface area contributed by atoms with E-state index in [4.69, 9.17) is 5.11 Å². The lowest BCUT2D eigenvalue weighted by molar-refractivity contribution is -0.137. The van der Waals surface area contributed by atoms with E-state index < -0.39 is 5.97 Å². The molecule has 0 bridgehead atoms. The van der Waals surface area contributed by atoms with Crippen molar-refractivity contribution in [2.24, 2.45) is 0 Å². The minimum atomic E-state index is -0.626. The van der Waals surface area contributed by atoms with E-state index in [1.54, 1.807) is 0 Å². The highest BCUT2D eigenvalue weighted by molar-refractivity contribution is 6.22. The Morgan fingerprint density at radius 2 is 2.38 bits per heavy atom. The molecular weight excluding hydrogens is 120 g/mol. The second-order valence-electron chi connectivity index (χ2n) is 2.03. The van der Waals surface area contributed by atoms with Gasteiger partial charge in [-0.1, -0.05) is 13.3 Å². The second-order valence-corrected chi connectivity index (χ2v) is 3.42. The molecule has 0 aliphatic rings. The fourth-order valence-corrected chi connectivity index (χ4v) is 1.13. The van der Waals surface area contributed by atoms with E-state index in [9.17, 15) is 4.79 Å². The fraction of sp³-hybridized carbons (Fsp3) is 0.800. The van der Waals surface area contributed by atoms with Crippen LogP contribution in [-0.2, 0) is 4.79 Å². The van der Waals surface area contributed by atoms with Crippen LogP contribution in [0.25, 0.3) is 0 Å². The highest BCUT2D eigenvalue weighted by Crippen LogP contribution is 2.06. The van der Waals surface area contributed by atoms with E-state index in [2.05, 4.69) is 0 Å². The molecule has 1 unspecified atom stereocenters. The van der Waals surface area contributed by atoms with Gasteiger partial charge in [0.2, 0.25) is 0 Å². The number of rotatable bonds is 3. The van der Waals surface area contributed by atoms with Crippen LogP contribution in [0.5, 0.6) is 0 Å². The smallest absolute Gasteiger partial charge is 0.302 e. The first-order valence-corrected chi connectivity index (χ1v) is 4.06. The molecule has 0 aliphatic carbocycles. The van der Waals surface area contributed by atoms with Gasteiger partial charge in [0.05, 0.1) is 0 Å². The standard InChI is InChI=1S/C5H12O2Si/c1-2-3-4(8)5(6)7/h4H,2-3H2,1,8H3,(H,6,7). The Balaban J connectivity index is 3.32. The monoisotopic (exact) mass is 132 g/mol. The van der Waals surface area contributed by atoms with E-state index in [0.29, 0.717) is 0 Å². The van der Waals surface area contributed by atoms with Crippen molar-refractivity contribution in [2.45, 2.75) is 25.3 Å². The summed E-state index contributed by atoms with van der Waals surface area (Å²) in [6, 6.07) is 0. The Bertz CT molecular complexity index is 82.5. The molecule has 0 heterocycles. The molecule has 0 aromatic rings. The van der Waals surface area contributed by atoms with E-state index >= 15 is 0 Å². The maximum atomic E-state index is 10.1. The van der Waals surface area contributed by atoms with Gasteiger partial charge in [0.15, 0.2) is 0 Å². The third-order valence-electron chi connectivity index (χ3n) is 1.14. The normalized spacial score (nSPS) is 13.6. The van der Waals surface area contributed by atoms with Gasteiger partial charge in [0.25, 0.3) is 0 Å². The van der Waals surface area contributed by atoms with E-state index in [1.807, 2.05) is 6.92 Å². The minimum absolute atomic E-state index is 0.0278. The minimum Gasteiger partial charge on any atom is -0.481 e. The molecule has 3 heteroatoms. The number of carboxylic acids is 1. The molecule has 0 aliphatic heterocycles. The van der Waals surface area contributed by atoms with Crippen molar-refractivity contribution in [3.05, 3.63) is 0 Å². The lowest BCUT2D eigenvalue weighted by Gasteiger charge is -1.99. The quantitative estimate of drug-likeness (QED) is 0.550. The Labute approximate surface area is 52.3 Å². The topological polar surface area (TPSA) is 37.3 Å². The average Bonchev–Trinajstić information content (AvgIpc) is 1.67. The molecule has 1 atom stereocenters. The van der Waals surface area contributed by atoms with Crippen LogP contribution in [0.1, 0.15) is 19.8 Å². The van der Waals surface area contributed by atoms with Crippen LogP contribution in [0.15, 0.2) is 0 Å². The van der Waals surface area contributed by atoms with E-state index in [1.165, 1.54) is 0 Å². The summed E-state index contributed by atoms with van der Waals surface area (Å²) in [5.74, 6) is -0.626. The maximum absolute atomic E-state index is 10.1. The van der Waals surface area contributed by atoms with Crippen LogP contribution < -0.4 is 0 Å². The zero-order valence-corrected chi connectivity index (χ0v) is 7.35. The molecule has 0 saturated carbocycles. The first-order valence-electron chi connectivity index (χ1n) is 2.91. The van der Waals surface area contributed by atoms with Crippen LogP contribution in [0.4, 0.5) is 0 Å². The molecule has 0 rings (SSSR count). The van der Waals surface area contributed by atoms with Crippen molar-refractivity contribution in [1.82, 2.24) is 0 Å². The van der Waals surface area contributed by atoms with E-state index in [0.717, 1.165) is 23.1 Å². The third-order valence-corrected chi connectivity index (χ3v) is 2.21. The molecule has 0 spiro atoms. The van der Waals surface area contributed by atoms with Gasteiger partial charge in [-0.2, -0.15) is 0 Å². The largest absolute Gasteiger partial charge is 0.481 e. The van der Waals surface area contributed by atoms with Crippen LogP contribution in [0.3, 0.4) is 0 Å². The summed E-state index contributed by atoms with van der Waals surface area (Å²) in [5, 5.41) is 8.35. The predicted octanol–water partition coefficient (Wildman–Crippen LogP) is 0.0250. The molecular formula is C5H12O2Si. The van der Waals surface area contributed by atoms with Crippen LogP contribution in [0, 0.1) is 0 Å². The Kier molecular flexibility index (Phi) is 3.52.